The van der Waals surface area contributed by atoms with Gasteiger partial charge in [-0.05, 0) is 43.8 Å². The first-order chi connectivity index (χ1) is 16.4. The van der Waals surface area contributed by atoms with Crippen molar-refractivity contribution in [2.45, 2.75) is 95.5 Å². The molecule has 1 saturated carbocycles. The second-order valence-electron chi connectivity index (χ2n) is 10.3. The SMILES string of the molecule is CC[C@@H](C)C[C@H](N)/C=C(\C)[C@H]1O[C@@H](c2c(O)c(C3[C@@H](O)[C@@H](O)[C@@H](O)[C@H]3O)cn(C)c2=O)CC=C1C. The number of pyridine rings is 1. The third-order valence-corrected chi connectivity index (χ3v) is 7.51. The molecule has 0 radical (unpaired) electrons. The summed E-state index contributed by atoms with van der Waals surface area (Å²) in [5.74, 6) is -1.10. The summed E-state index contributed by atoms with van der Waals surface area (Å²) in [6.07, 6.45) is 0.105. The van der Waals surface area contributed by atoms with Gasteiger partial charge in [-0.15, -0.1) is 0 Å². The Morgan fingerprint density at radius 3 is 2.40 bits per heavy atom. The quantitative estimate of drug-likeness (QED) is 0.309. The number of ether oxygens (including phenoxy) is 1. The number of aliphatic hydroxyl groups is 4. The van der Waals surface area contributed by atoms with E-state index in [1.54, 1.807) is 0 Å². The van der Waals surface area contributed by atoms with E-state index >= 15 is 0 Å². The van der Waals surface area contributed by atoms with Gasteiger partial charge in [0.2, 0.25) is 0 Å². The molecule has 9 heteroatoms. The normalized spacial score (nSPS) is 33.5. The smallest absolute Gasteiger partial charge is 0.259 e. The van der Waals surface area contributed by atoms with E-state index < -0.39 is 53.9 Å². The zero-order valence-corrected chi connectivity index (χ0v) is 21.1. The van der Waals surface area contributed by atoms with Crippen LogP contribution in [-0.2, 0) is 11.8 Å². The molecule has 1 aromatic rings. The molecule has 0 bridgehead atoms. The molecule has 1 aliphatic heterocycles. The average Bonchev–Trinajstić information content (AvgIpc) is 2.99. The summed E-state index contributed by atoms with van der Waals surface area (Å²) >= 11 is 0. The van der Waals surface area contributed by atoms with Gasteiger partial charge < -0.3 is 40.6 Å². The Labute approximate surface area is 206 Å². The molecule has 9 atom stereocenters. The molecule has 3 rings (SSSR count). The van der Waals surface area contributed by atoms with Crippen LogP contribution in [0.1, 0.15) is 70.1 Å². The summed E-state index contributed by atoms with van der Waals surface area (Å²) in [6.45, 7) is 8.16. The second-order valence-corrected chi connectivity index (χ2v) is 10.3. The Kier molecular flexibility index (Phi) is 8.62. The highest BCUT2D eigenvalue weighted by molar-refractivity contribution is 5.44. The highest BCUT2D eigenvalue weighted by Crippen LogP contribution is 2.43. The zero-order chi connectivity index (χ0) is 26.2. The van der Waals surface area contributed by atoms with Gasteiger partial charge in [0.15, 0.2) is 0 Å². The van der Waals surface area contributed by atoms with Crippen LogP contribution < -0.4 is 11.3 Å². The van der Waals surface area contributed by atoms with Gasteiger partial charge >= 0.3 is 0 Å². The van der Waals surface area contributed by atoms with Crippen molar-refractivity contribution < 1.29 is 30.3 Å². The summed E-state index contributed by atoms with van der Waals surface area (Å²) in [5, 5.41) is 52.0. The molecule has 2 heterocycles. The maximum absolute atomic E-state index is 13.1. The molecule has 0 aromatic carbocycles. The maximum Gasteiger partial charge on any atom is 0.259 e. The van der Waals surface area contributed by atoms with Gasteiger partial charge in [0.1, 0.15) is 18.0 Å². The van der Waals surface area contributed by atoms with Crippen molar-refractivity contribution in [3.8, 4) is 5.75 Å². The first-order valence-corrected chi connectivity index (χ1v) is 12.3. The average molecular weight is 493 g/mol. The van der Waals surface area contributed by atoms with Crippen LogP contribution in [0.15, 0.2) is 34.3 Å². The Morgan fingerprint density at radius 2 is 1.83 bits per heavy atom. The molecule has 2 aliphatic rings. The van der Waals surface area contributed by atoms with Crippen molar-refractivity contribution in [2.24, 2.45) is 18.7 Å². The highest BCUT2D eigenvalue weighted by atomic mass is 16.5. The number of nitrogens with two attached hydrogens (primary N) is 1. The maximum atomic E-state index is 13.1. The van der Waals surface area contributed by atoms with E-state index in [0.717, 1.165) is 24.0 Å². The molecule has 0 amide bonds. The van der Waals surface area contributed by atoms with Crippen molar-refractivity contribution in [3.63, 3.8) is 0 Å². The van der Waals surface area contributed by atoms with Gasteiger partial charge in [-0.3, -0.25) is 4.79 Å². The molecule has 1 aliphatic carbocycles. The summed E-state index contributed by atoms with van der Waals surface area (Å²) in [4.78, 5) is 13.1. The molecule has 35 heavy (non-hydrogen) atoms. The van der Waals surface area contributed by atoms with Crippen LogP contribution >= 0.6 is 0 Å². The fourth-order valence-corrected chi connectivity index (χ4v) is 5.21. The molecule has 9 nitrogen and oxygen atoms in total. The van der Waals surface area contributed by atoms with E-state index in [4.69, 9.17) is 10.5 Å². The van der Waals surface area contributed by atoms with Crippen LogP contribution in [0.5, 0.6) is 5.75 Å². The lowest BCUT2D eigenvalue weighted by Crippen LogP contribution is -2.32. The Bertz CT molecular complexity index is 1020. The lowest BCUT2D eigenvalue weighted by atomic mass is 9.89. The third kappa shape index (κ3) is 5.40. The standard InChI is InChI=1S/C26H40N2O7/c1-6-12(2)9-15(27)10-14(4)25-13(3)7-8-17(35-25)19-20(29)16(11-28(5)26(19)34)18-21(30)23(32)24(33)22(18)31/h7,10-12,15,17-18,21-25,29-33H,6,8-9,27H2,1-5H3/b14-10+/t12-,15+,17-,18?,21-,22+,23-,24+,25+/m1/s1. The van der Waals surface area contributed by atoms with Crippen LogP contribution in [0.25, 0.3) is 0 Å². The Balaban J connectivity index is 1.96. The Morgan fingerprint density at radius 1 is 1.23 bits per heavy atom. The number of aromatic nitrogens is 1. The first kappa shape index (κ1) is 27.6. The van der Waals surface area contributed by atoms with Crippen LogP contribution in [0.4, 0.5) is 0 Å². The summed E-state index contributed by atoms with van der Waals surface area (Å²) < 4.78 is 7.56. The van der Waals surface area contributed by atoms with Gasteiger partial charge in [0.05, 0.1) is 30.0 Å². The molecular weight excluding hydrogens is 452 g/mol. The minimum Gasteiger partial charge on any atom is -0.507 e. The molecular formula is C26H40N2O7. The molecule has 1 unspecified atom stereocenters. The molecule has 1 fully saturated rings. The van der Waals surface area contributed by atoms with Crippen LogP contribution in [0.3, 0.4) is 0 Å². The van der Waals surface area contributed by atoms with Gasteiger partial charge in [-0.1, -0.05) is 32.4 Å². The van der Waals surface area contributed by atoms with E-state index in [9.17, 15) is 30.3 Å². The minimum absolute atomic E-state index is 0.00531. The molecule has 7 N–H and O–H groups in total. The van der Waals surface area contributed by atoms with Crippen LogP contribution in [-0.4, -0.2) is 66.7 Å². The van der Waals surface area contributed by atoms with E-state index in [1.165, 1.54) is 17.8 Å². The third-order valence-electron chi connectivity index (χ3n) is 7.51. The molecule has 196 valence electrons. The van der Waals surface area contributed by atoms with E-state index in [0.29, 0.717) is 12.3 Å². The molecule has 1 aromatic heterocycles. The van der Waals surface area contributed by atoms with E-state index in [1.807, 2.05) is 26.0 Å². The predicted octanol–water partition coefficient (Wildman–Crippen LogP) is 1.12. The molecule has 0 spiro atoms. The minimum atomic E-state index is -1.58. The summed E-state index contributed by atoms with van der Waals surface area (Å²) in [7, 11) is 1.50. The summed E-state index contributed by atoms with van der Waals surface area (Å²) in [5.41, 5.74) is 7.81. The second kappa shape index (κ2) is 10.9. The largest absolute Gasteiger partial charge is 0.507 e. The van der Waals surface area contributed by atoms with Crippen molar-refractivity contribution in [1.29, 1.82) is 0 Å². The lowest BCUT2D eigenvalue weighted by molar-refractivity contribution is -0.0413. The number of hydrogen-bond donors (Lipinski definition) is 6. The predicted molar refractivity (Wildman–Crippen MR) is 132 cm³/mol. The number of aliphatic hydroxyl groups excluding tert-OH is 4. The number of aromatic hydroxyl groups is 1. The topological polar surface area (TPSA) is 158 Å². The first-order valence-electron chi connectivity index (χ1n) is 12.3. The Hall–Kier alpha value is -2.01. The number of aryl methyl sites for hydroxylation is 1. The van der Waals surface area contributed by atoms with E-state index in [-0.39, 0.29) is 17.2 Å². The summed E-state index contributed by atoms with van der Waals surface area (Å²) in [6, 6.07) is -0.130. The van der Waals surface area contributed by atoms with Crippen LogP contribution in [0.2, 0.25) is 0 Å². The highest BCUT2D eigenvalue weighted by Gasteiger charge is 2.50. The number of nitrogens with zero attached hydrogens (tertiary/aromatic N) is 1. The van der Waals surface area contributed by atoms with Gasteiger partial charge in [-0.2, -0.15) is 0 Å². The number of hydrogen-bond acceptors (Lipinski definition) is 8. The number of rotatable bonds is 7. The lowest BCUT2D eigenvalue weighted by Gasteiger charge is -2.32. The van der Waals surface area contributed by atoms with Crippen molar-refractivity contribution in [1.82, 2.24) is 4.57 Å². The van der Waals surface area contributed by atoms with Gasteiger partial charge in [0.25, 0.3) is 5.56 Å². The van der Waals surface area contributed by atoms with Crippen molar-refractivity contribution >= 4 is 0 Å². The fourth-order valence-electron chi connectivity index (χ4n) is 5.21. The van der Waals surface area contributed by atoms with Gasteiger partial charge in [0, 0.05) is 30.8 Å². The zero-order valence-electron chi connectivity index (χ0n) is 21.1. The van der Waals surface area contributed by atoms with Crippen LogP contribution in [0, 0.1) is 5.92 Å². The van der Waals surface area contributed by atoms with Crippen molar-refractivity contribution in [2.75, 3.05) is 0 Å². The monoisotopic (exact) mass is 492 g/mol. The van der Waals surface area contributed by atoms with E-state index in [2.05, 4.69) is 13.8 Å². The van der Waals surface area contributed by atoms with Crippen molar-refractivity contribution in [3.05, 3.63) is 51.0 Å². The fraction of sp³-hybridized carbons (Fsp3) is 0.654. The molecule has 0 saturated heterocycles. The van der Waals surface area contributed by atoms with Gasteiger partial charge in [-0.25, -0.2) is 0 Å².